The molecule has 3 aliphatic rings. The number of guanidine groups is 1. The molecule has 142 valence electrons. The van der Waals surface area contributed by atoms with Crippen LogP contribution >= 0.6 is 0 Å². The Kier molecular flexibility index (Phi) is 5.18. The summed E-state index contributed by atoms with van der Waals surface area (Å²) in [5, 5.41) is 3.49. The largest absolute Gasteiger partial charge is 0.376 e. The van der Waals surface area contributed by atoms with E-state index in [1.807, 2.05) is 0 Å². The predicted octanol–water partition coefficient (Wildman–Crippen LogP) is 1.61. The summed E-state index contributed by atoms with van der Waals surface area (Å²) in [5.74, 6) is 1.57. The van der Waals surface area contributed by atoms with Crippen molar-refractivity contribution < 1.29 is 13.2 Å². The van der Waals surface area contributed by atoms with Gasteiger partial charge in [-0.2, -0.15) is 0 Å². The number of fused-ring (bicyclic) bond motifs is 1. The first-order chi connectivity index (χ1) is 12.6. The van der Waals surface area contributed by atoms with E-state index in [0.29, 0.717) is 12.3 Å². The molecule has 0 aliphatic carbocycles. The summed E-state index contributed by atoms with van der Waals surface area (Å²) in [6.45, 7) is 3.05. The van der Waals surface area contributed by atoms with Crippen LogP contribution in [0.5, 0.6) is 0 Å². The molecular formula is C19H27N3O3S. The van der Waals surface area contributed by atoms with Gasteiger partial charge in [0, 0.05) is 31.9 Å². The maximum absolute atomic E-state index is 11.7. The van der Waals surface area contributed by atoms with Crippen molar-refractivity contribution in [3.63, 3.8) is 0 Å². The number of hydrogen-bond acceptors (Lipinski definition) is 4. The van der Waals surface area contributed by atoms with Crippen LogP contribution in [0.3, 0.4) is 0 Å². The topological polar surface area (TPSA) is 71.0 Å². The van der Waals surface area contributed by atoms with Gasteiger partial charge in [0.15, 0.2) is 15.8 Å². The molecule has 1 aromatic carbocycles. The second-order valence-electron chi connectivity index (χ2n) is 7.48. The molecule has 26 heavy (non-hydrogen) atoms. The summed E-state index contributed by atoms with van der Waals surface area (Å²) in [4.78, 5) is 7.05. The lowest BCUT2D eigenvalue weighted by molar-refractivity contribution is 0.114. The second-order valence-corrected chi connectivity index (χ2v) is 9.71. The molecule has 2 fully saturated rings. The molecule has 2 atom stereocenters. The van der Waals surface area contributed by atoms with Crippen LogP contribution < -0.4 is 10.2 Å². The number of para-hydroxylation sites is 1. The van der Waals surface area contributed by atoms with Gasteiger partial charge in [0.05, 0.1) is 17.6 Å². The molecule has 3 aliphatic heterocycles. The number of hydrogen-bond donors (Lipinski definition) is 1. The van der Waals surface area contributed by atoms with E-state index in [9.17, 15) is 8.42 Å². The summed E-state index contributed by atoms with van der Waals surface area (Å²) < 4.78 is 29.2. The van der Waals surface area contributed by atoms with Crippen LogP contribution in [0.15, 0.2) is 29.3 Å². The van der Waals surface area contributed by atoms with Crippen LogP contribution in [0.4, 0.5) is 5.69 Å². The Bertz CT molecular complexity index is 772. The molecule has 6 nitrogen and oxygen atoms in total. The minimum atomic E-state index is -2.86. The Morgan fingerprint density at radius 3 is 2.96 bits per heavy atom. The Morgan fingerprint density at radius 1 is 1.31 bits per heavy atom. The number of rotatable bonds is 4. The summed E-state index contributed by atoms with van der Waals surface area (Å²) >= 11 is 0. The number of nitrogens with zero attached hydrogens (tertiary/aromatic N) is 2. The van der Waals surface area contributed by atoms with Crippen molar-refractivity contribution in [3.8, 4) is 0 Å². The lowest BCUT2D eigenvalue weighted by atomic mass is 10.1. The van der Waals surface area contributed by atoms with Crippen molar-refractivity contribution in [2.24, 2.45) is 10.9 Å². The van der Waals surface area contributed by atoms with Crippen LogP contribution in [0, 0.1) is 5.92 Å². The number of benzene rings is 1. The first kappa shape index (κ1) is 17.8. The van der Waals surface area contributed by atoms with Crippen molar-refractivity contribution in [2.45, 2.75) is 31.8 Å². The fraction of sp³-hybridized carbons (Fsp3) is 0.632. The third-order valence-corrected chi connectivity index (χ3v) is 7.32. The molecule has 0 spiro atoms. The Balaban J connectivity index is 1.48. The van der Waals surface area contributed by atoms with Crippen LogP contribution in [-0.4, -0.2) is 58.2 Å². The highest BCUT2D eigenvalue weighted by Crippen LogP contribution is 2.28. The Labute approximate surface area is 155 Å². The van der Waals surface area contributed by atoms with Crippen molar-refractivity contribution in [3.05, 3.63) is 29.8 Å². The summed E-state index contributed by atoms with van der Waals surface area (Å²) in [6, 6.07) is 8.42. The van der Waals surface area contributed by atoms with Crippen molar-refractivity contribution in [2.75, 3.05) is 42.6 Å². The quantitative estimate of drug-likeness (QED) is 0.638. The number of ether oxygens (including phenoxy) is 1. The first-order valence-electron chi connectivity index (χ1n) is 9.56. The third-order valence-electron chi connectivity index (χ3n) is 5.48. The van der Waals surface area contributed by atoms with Crippen LogP contribution in [0.1, 0.15) is 24.8 Å². The molecule has 3 heterocycles. The van der Waals surface area contributed by atoms with Crippen molar-refractivity contribution in [1.82, 2.24) is 5.32 Å². The Morgan fingerprint density at radius 2 is 2.19 bits per heavy atom. The maximum atomic E-state index is 11.7. The molecular weight excluding hydrogens is 350 g/mol. The number of aliphatic imine (C=N–C) groups is 1. The van der Waals surface area contributed by atoms with Gasteiger partial charge in [0.2, 0.25) is 0 Å². The second kappa shape index (κ2) is 7.56. The smallest absolute Gasteiger partial charge is 0.198 e. The minimum Gasteiger partial charge on any atom is -0.376 e. The number of nitrogens with one attached hydrogen (secondary N) is 1. The van der Waals surface area contributed by atoms with Gasteiger partial charge in [-0.15, -0.1) is 0 Å². The summed E-state index contributed by atoms with van der Waals surface area (Å²) in [5.41, 5.74) is 2.53. The minimum absolute atomic E-state index is 0.136. The van der Waals surface area contributed by atoms with Gasteiger partial charge in [-0.3, -0.25) is 4.99 Å². The fourth-order valence-corrected chi connectivity index (χ4v) is 5.89. The fourth-order valence-electron chi connectivity index (χ4n) is 4.04. The van der Waals surface area contributed by atoms with E-state index < -0.39 is 9.84 Å². The van der Waals surface area contributed by atoms with E-state index in [1.165, 1.54) is 11.3 Å². The van der Waals surface area contributed by atoms with Gasteiger partial charge >= 0.3 is 0 Å². The zero-order chi connectivity index (χ0) is 18.0. The third kappa shape index (κ3) is 4.04. The highest BCUT2D eigenvalue weighted by Gasteiger charge is 2.29. The average molecular weight is 378 g/mol. The van der Waals surface area contributed by atoms with Gasteiger partial charge in [-0.05, 0) is 43.2 Å². The van der Waals surface area contributed by atoms with E-state index >= 15 is 0 Å². The van der Waals surface area contributed by atoms with E-state index in [0.717, 1.165) is 51.3 Å². The molecule has 0 bridgehead atoms. The lowest BCUT2D eigenvalue weighted by Gasteiger charge is -2.24. The molecule has 0 amide bonds. The van der Waals surface area contributed by atoms with Gasteiger partial charge in [-0.1, -0.05) is 18.2 Å². The van der Waals surface area contributed by atoms with E-state index in [1.54, 1.807) is 0 Å². The molecule has 1 aromatic rings. The summed E-state index contributed by atoms with van der Waals surface area (Å²) in [6.07, 6.45) is 4.17. The van der Waals surface area contributed by atoms with Crippen LogP contribution in [0.25, 0.3) is 0 Å². The molecule has 2 unspecified atom stereocenters. The maximum Gasteiger partial charge on any atom is 0.198 e. The zero-order valence-electron chi connectivity index (χ0n) is 15.1. The normalized spacial score (nSPS) is 27.7. The van der Waals surface area contributed by atoms with Gasteiger partial charge in [0.25, 0.3) is 0 Å². The highest BCUT2D eigenvalue weighted by molar-refractivity contribution is 7.91. The molecule has 1 N–H and O–H groups in total. The van der Waals surface area contributed by atoms with Crippen LogP contribution in [-0.2, 0) is 21.0 Å². The van der Waals surface area contributed by atoms with Crippen molar-refractivity contribution in [1.29, 1.82) is 0 Å². The predicted molar refractivity (Wildman–Crippen MR) is 104 cm³/mol. The SMILES string of the molecule is O=S1(=O)CCC(CN=C(NCC2CCCO2)N2CCc3ccccc32)C1. The lowest BCUT2D eigenvalue weighted by Crippen LogP contribution is -2.44. The van der Waals surface area contributed by atoms with Crippen LogP contribution in [0.2, 0.25) is 0 Å². The Hall–Kier alpha value is -1.60. The van der Waals surface area contributed by atoms with Gasteiger partial charge < -0.3 is 15.0 Å². The number of sulfone groups is 1. The van der Waals surface area contributed by atoms with Crippen molar-refractivity contribution >= 4 is 21.5 Å². The molecule has 0 aromatic heterocycles. The highest BCUT2D eigenvalue weighted by atomic mass is 32.2. The monoisotopic (exact) mass is 377 g/mol. The first-order valence-corrected chi connectivity index (χ1v) is 11.4. The standard InChI is InChI=1S/C19H27N3O3S/c23-26(24)11-8-15(14-26)12-20-19(21-13-17-5-3-10-25-17)22-9-7-16-4-1-2-6-18(16)22/h1-2,4,6,15,17H,3,5,7-14H2,(H,20,21). The van der Waals surface area contributed by atoms with Gasteiger partial charge in [0.1, 0.15) is 0 Å². The number of anilines is 1. The molecule has 4 rings (SSSR count). The zero-order valence-corrected chi connectivity index (χ0v) is 15.9. The average Bonchev–Trinajstić information content (AvgIpc) is 3.35. The molecule has 7 heteroatoms. The summed E-state index contributed by atoms with van der Waals surface area (Å²) in [7, 11) is -2.86. The molecule has 2 saturated heterocycles. The van der Waals surface area contributed by atoms with E-state index in [-0.39, 0.29) is 17.8 Å². The molecule has 0 saturated carbocycles. The van der Waals surface area contributed by atoms with E-state index in [2.05, 4.69) is 34.5 Å². The van der Waals surface area contributed by atoms with E-state index in [4.69, 9.17) is 9.73 Å². The molecule has 0 radical (unpaired) electrons. The van der Waals surface area contributed by atoms with Gasteiger partial charge in [-0.25, -0.2) is 8.42 Å².